The highest BCUT2D eigenvalue weighted by Crippen LogP contribution is 2.23. The number of halogens is 1. The number of ether oxygens (including phenoxy) is 1. The lowest BCUT2D eigenvalue weighted by Gasteiger charge is -2.11. The van der Waals surface area contributed by atoms with Gasteiger partial charge >= 0.3 is 0 Å². The lowest BCUT2D eigenvalue weighted by atomic mass is 10.1. The topological polar surface area (TPSA) is 58.6 Å². The first kappa shape index (κ1) is 15.0. The van der Waals surface area contributed by atoms with Gasteiger partial charge in [-0.05, 0) is 43.3 Å². The van der Waals surface area contributed by atoms with Crippen LogP contribution in [0.4, 0.5) is 10.1 Å². The molecule has 0 aliphatic heterocycles. The molecule has 2 aromatic carbocycles. The molecular weight excluding hydrogens is 273 g/mol. The van der Waals surface area contributed by atoms with Gasteiger partial charge in [-0.3, -0.25) is 4.79 Å². The summed E-state index contributed by atoms with van der Waals surface area (Å²) in [6.07, 6.45) is 0. The zero-order valence-electron chi connectivity index (χ0n) is 11.6. The van der Waals surface area contributed by atoms with Crippen molar-refractivity contribution in [2.45, 2.75) is 13.5 Å². The Bertz CT molecular complexity index is 643. The normalized spacial score (nSPS) is 10.2. The number of aliphatic hydroxyl groups excluding tert-OH is 1. The summed E-state index contributed by atoms with van der Waals surface area (Å²) in [7, 11) is 0. The van der Waals surface area contributed by atoms with E-state index in [0.29, 0.717) is 23.6 Å². The van der Waals surface area contributed by atoms with E-state index in [1.807, 2.05) is 6.92 Å². The van der Waals surface area contributed by atoms with Gasteiger partial charge in [-0.2, -0.15) is 0 Å². The summed E-state index contributed by atoms with van der Waals surface area (Å²) in [5.74, 6) is -0.309. The van der Waals surface area contributed by atoms with Crippen LogP contribution in [0.25, 0.3) is 0 Å². The van der Waals surface area contributed by atoms with Crippen LogP contribution in [0.3, 0.4) is 0 Å². The molecule has 0 atom stereocenters. The van der Waals surface area contributed by atoms with Crippen LogP contribution >= 0.6 is 0 Å². The van der Waals surface area contributed by atoms with Crippen LogP contribution in [0.15, 0.2) is 42.5 Å². The Morgan fingerprint density at radius 3 is 2.76 bits per heavy atom. The first-order chi connectivity index (χ1) is 10.1. The van der Waals surface area contributed by atoms with Crippen LogP contribution in [0.5, 0.6) is 5.75 Å². The number of nitrogens with one attached hydrogen (secondary N) is 1. The molecule has 4 nitrogen and oxygen atoms in total. The van der Waals surface area contributed by atoms with Crippen molar-refractivity contribution in [3.8, 4) is 5.75 Å². The molecule has 1 amide bonds. The maximum Gasteiger partial charge on any atom is 0.255 e. The number of hydrogen-bond acceptors (Lipinski definition) is 3. The molecule has 2 rings (SSSR count). The van der Waals surface area contributed by atoms with Crippen molar-refractivity contribution >= 4 is 11.6 Å². The Kier molecular flexibility index (Phi) is 4.90. The Balaban J connectivity index is 2.17. The molecule has 110 valence electrons. The maximum atomic E-state index is 13.1. The lowest BCUT2D eigenvalue weighted by Crippen LogP contribution is -2.12. The molecule has 21 heavy (non-hydrogen) atoms. The number of aliphatic hydroxyl groups is 1. The van der Waals surface area contributed by atoms with Gasteiger partial charge in [-0.15, -0.1) is 0 Å². The van der Waals surface area contributed by atoms with Crippen molar-refractivity contribution in [3.63, 3.8) is 0 Å². The highest BCUT2D eigenvalue weighted by molar-refractivity contribution is 6.04. The molecule has 0 aliphatic carbocycles. The zero-order chi connectivity index (χ0) is 15.2. The van der Waals surface area contributed by atoms with Crippen molar-refractivity contribution in [2.24, 2.45) is 0 Å². The molecule has 2 N–H and O–H groups in total. The molecule has 0 bridgehead atoms. The molecule has 0 fully saturated rings. The Labute approximate surface area is 122 Å². The van der Waals surface area contributed by atoms with Gasteiger partial charge in [0.2, 0.25) is 0 Å². The molecule has 0 heterocycles. The van der Waals surface area contributed by atoms with Gasteiger partial charge in [0.1, 0.15) is 11.6 Å². The fourth-order valence-corrected chi connectivity index (χ4v) is 1.91. The number of hydrogen-bond donors (Lipinski definition) is 2. The fraction of sp³-hybridized carbons (Fsp3) is 0.188. The summed E-state index contributed by atoms with van der Waals surface area (Å²) in [6.45, 7) is 2.14. The molecular formula is C16H16FNO3. The number of carbonyl (C=O) groups excluding carboxylic acids is 1. The number of benzene rings is 2. The predicted molar refractivity (Wildman–Crippen MR) is 77.9 cm³/mol. The van der Waals surface area contributed by atoms with Gasteiger partial charge in [0.25, 0.3) is 5.91 Å². The van der Waals surface area contributed by atoms with E-state index in [9.17, 15) is 14.3 Å². The molecule has 5 heteroatoms. The minimum Gasteiger partial charge on any atom is -0.494 e. The van der Waals surface area contributed by atoms with Crippen LogP contribution in [-0.2, 0) is 6.61 Å². The van der Waals surface area contributed by atoms with Gasteiger partial charge in [0.05, 0.1) is 13.2 Å². The first-order valence-corrected chi connectivity index (χ1v) is 6.57. The van der Waals surface area contributed by atoms with Crippen molar-refractivity contribution in [2.75, 3.05) is 11.9 Å². The third-order valence-electron chi connectivity index (χ3n) is 2.88. The van der Waals surface area contributed by atoms with Crippen LogP contribution in [0.2, 0.25) is 0 Å². The fourth-order valence-electron chi connectivity index (χ4n) is 1.91. The van der Waals surface area contributed by atoms with Crippen molar-refractivity contribution in [3.05, 3.63) is 59.4 Å². The second-order valence-electron chi connectivity index (χ2n) is 4.38. The van der Waals surface area contributed by atoms with Crippen molar-refractivity contribution in [1.82, 2.24) is 0 Å². The maximum absolute atomic E-state index is 13.1. The molecule has 0 saturated heterocycles. The van der Waals surface area contributed by atoms with Crippen LogP contribution < -0.4 is 10.1 Å². The molecule has 0 saturated carbocycles. The number of anilines is 1. The number of rotatable bonds is 5. The third kappa shape index (κ3) is 3.79. The van der Waals surface area contributed by atoms with E-state index in [4.69, 9.17) is 4.74 Å². The SMILES string of the molecule is CCOc1ccc(NC(=O)c2cccc(F)c2)cc1CO. The summed E-state index contributed by atoms with van der Waals surface area (Å²) >= 11 is 0. The predicted octanol–water partition coefficient (Wildman–Crippen LogP) is 2.97. The average Bonchev–Trinajstić information content (AvgIpc) is 2.49. The molecule has 2 aromatic rings. The Morgan fingerprint density at radius 2 is 2.10 bits per heavy atom. The standard InChI is InChI=1S/C16H16FNO3/c1-2-21-15-7-6-14(9-12(15)10-19)18-16(20)11-4-3-5-13(17)8-11/h3-9,19H,2,10H2,1H3,(H,18,20). The highest BCUT2D eigenvalue weighted by Gasteiger charge is 2.09. The van der Waals surface area contributed by atoms with E-state index in [2.05, 4.69) is 5.32 Å². The highest BCUT2D eigenvalue weighted by atomic mass is 19.1. The van der Waals surface area contributed by atoms with Gasteiger partial charge in [-0.1, -0.05) is 6.07 Å². The number of carbonyl (C=O) groups is 1. The summed E-state index contributed by atoms with van der Waals surface area (Å²) in [5, 5.41) is 12.0. The summed E-state index contributed by atoms with van der Waals surface area (Å²) in [5.41, 5.74) is 1.32. The lowest BCUT2D eigenvalue weighted by molar-refractivity contribution is 0.102. The van der Waals surface area contributed by atoms with E-state index in [1.165, 1.54) is 18.2 Å². The summed E-state index contributed by atoms with van der Waals surface area (Å²) in [6, 6.07) is 10.4. The largest absolute Gasteiger partial charge is 0.494 e. The molecule has 0 spiro atoms. The number of amides is 1. The summed E-state index contributed by atoms with van der Waals surface area (Å²) < 4.78 is 18.5. The van der Waals surface area contributed by atoms with Crippen LogP contribution in [-0.4, -0.2) is 17.6 Å². The minimum atomic E-state index is -0.467. The Hall–Kier alpha value is -2.40. The van der Waals surface area contributed by atoms with E-state index >= 15 is 0 Å². The van der Waals surface area contributed by atoms with Crippen LogP contribution in [0, 0.1) is 5.82 Å². The minimum absolute atomic E-state index is 0.195. The quantitative estimate of drug-likeness (QED) is 0.889. The molecule has 0 aliphatic rings. The average molecular weight is 289 g/mol. The van der Waals surface area contributed by atoms with Gasteiger partial charge < -0.3 is 15.2 Å². The zero-order valence-corrected chi connectivity index (χ0v) is 11.6. The summed E-state index contributed by atoms with van der Waals surface area (Å²) in [4.78, 5) is 12.0. The Morgan fingerprint density at radius 1 is 1.29 bits per heavy atom. The third-order valence-corrected chi connectivity index (χ3v) is 2.88. The van der Waals surface area contributed by atoms with Gasteiger partial charge in [0, 0.05) is 16.8 Å². The second-order valence-corrected chi connectivity index (χ2v) is 4.38. The monoisotopic (exact) mass is 289 g/mol. The first-order valence-electron chi connectivity index (χ1n) is 6.57. The molecule has 0 aromatic heterocycles. The van der Waals surface area contributed by atoms with E-state index in [-0.39, 0.29) is 12.2 Å². The van der Waals surface area contributed by atoms with Gasteiger partial charge in [-0.25, -0.2) is 4.39 Å². The molecule has 0 unspecified atom stereocenters. The second kappa shape index (κ2) is 6.85. The van der Waals surface area contributed by atoms with Crippen molar-refractivity contribution < 1.29 is 19.0 Å². The van der Waals surface area contributed by atoms with E-state index < -0.39 is 11.7 Å². The van der Waals surface area contributed by atoms with Gasteiger partial charge in [0.15, 0.2) is 0 Å². The van der Waals surface area contributed by atoms with E-state index in [1.54, 1.807) is 18.2 Å². The van der Waals surface area contributed by atoms with Crippen molar-refractivity contribution in [1.29, 1.82) is 0 Å². The van der Waals surface area contributed by atoms with Crippen LogP contribution in [0.1, 0.15) is 22.8 Å². The molecule has 0 radical (unpaired) electrons. The van der Waals surface area contributed by atoms with E-state index in [0.717, 1.165) is 6.07 Å². The smallest absolute Gasteiger partial charge is 0.255 e.